The predicted octanol–water partition coefficient (Wildman–Crippen LogP) is 4.23. The summed E-state index contributed by atoms with van der Waals surface area (Å²) in [7, 11) is 1.54. The zero-order chi connectivity index (χ0) is 21.9. The van der Waals surface area contributed by atoms with Crippen molar-refractivity contribution in [2.45, 2.75) is 31.2 Å². The average Bonchev–Trinajstić information content (AvgIpc) is 2.74. The minimum Gasteiger partial charge on any atom is -0.452 e. The van der Waals surface area contributed by atoms with Crippen LogP contribution in [0.5, 0.6) is 0 Å². The molecule has 8 heteroatoms. The van der Waals surface area contributed by atoms with Crippen molar-refractivity contribution in [1.29, 1.82) is 0 Å². The molecule has 2 aromatic rings. The second kappa shape index (κ2) is 9.06. The Hall–Kier alpha value is -2.57. The maximum absolute atomic E-state index is 13.1. The molecule has 1 aliphatic rings. The summed E-state index contributed by atoms with van der Waals surface area (Å²) < 4.78 is 5.17. The van der Waals surface area contributed by atoms with Gasteiger partial charge in [-0.3, -0.25) is 9.59 Å². The zero-order valence-corrected chi connectivity index (χ0v) is 18.0. The fraction of sp³-hybridized carbons (Fsp3) is 0.318. The summed E-state index contributed by atoms with van der Waals surface area (Å²) in [6.45, 7) is -0.517. The van der Waals surface area contributed by atoms with Crippen molar-refractivity contribution < 1.29 is 19.1 Å². The highest BCUT2D eigenvalue weighted by Gasteiger charge is 2.48. The summed E-state index contributed by atoms with van der Waals surface area (Å²) >= 11 is 12.3. The van der Waals surface area contributed by atoms with Crippen LogP contribution >= 0.6 is 23.2 Å². The first-order chi connectivity index (χ1) is 14.3. The quantitative estimate of drug-likeness (QED) is 0.545. The number of carbonyl (C=O) groups is 3. The number of Topliss-reactive ketones (excluding diaryl/α,β-unsaturated/α-hetero) is 1. The molecular weight excluding hydrogens is 427 g/mol. The summed E-state index contributed by atoms with van der Waals surface area (Å²) in [4.78, 5) is 39.7. The van der Waals surface area contributed by atoms with Gasteiger partial charge >= 0.3 is 5.97 Å². The highest BCUT2D eigenvalue weighted by molar-refractivity contribution is 6.33. The lowest BCUT2D eigenvalue weighted by Gasteiger charge is -2.43. The van der Waals surface area contributed by atoms with Gasteiger partial charge in [0.2, 0.25) is 0 Å². The van der Waals surface area contributed by atoms with E-state index < -0.39 is 24.0 Å². The number of rotatable bonds is 5. The SMILES string of the molecule is CN(C(=O)COC(=O)c1ccc(Cl)c(N)c1)[C@@]1(c2ccccc2Cl)CCCCC1=O. The zero-order valence-electron chi connectivity index (χ0n) is 16.5. The number of amides is 1. The summed E-state index contributed by atoms with van der Waals surface area (Å²) in [6, 6.07) is 11.3. The molecule has 1 saturated carbocycles. The molecule has 2 aromatic carbocycles. The van der Waals surface area contributed by atoms with Gasteiger partial charge in [0.1, 0.15) is 5.54 Å². The lowest BCUT2D eigenvalue weighted by molar-refractivity contribution is -0.150. The van der Waals surface area contributed by atoms with E-state index in [0.29, 0.717) is 28.5 Å². The Balaban J connectivity index is 1.81. The third-order valence-electron chi connectivity index (χ3n) is 5.48. The maximum Gasteiger partial charge on any atom is 0.338 e. The number of hydrogen-bond donors (Lipinski definition) is 1. The summed E-state index contributed by atoms with van der Waals surface area (Å²) in [5.74, 6) is -1.28. The van der Waals surface area contributed by atoms with Crippen molar-refractivity contribution in [2.24, 2.45) is 0 Å². The number of ketones is 1. The van der Waals surface area contributed by atoms with Crippen LogP contribution in [-0.2, 0) is 19.9 Å². The van der Waals surface area contributed by atoms with Crippen LogP contribution < -0.4 is 5.73 Å². The minimum absolute atomic E-state index is 0.0745. The van der Waals surface area contributed by atoms with Crippen molar-refractivity contribution in [2.75, 3.05) is 19.4 Å². The standard InChI is InChI=1S/C22H22Cl2N2O4/c1-26(20(28)13-30-21(29)14-9-10-17(24)18(25)12-14)22(11-5-4-8-19(22)27)15-6-2-3-7-16(15)23/h2-3,6-7,9-10,12H,4-5,8,11,13,25H2,1H3/t22-/m1/s1. The second-order valence-electron chi connectivity index (χ2n) is 7.24. The van der Waals surface area contributed by atoms with Crippen molar-refractivity contribution in [3.63, 3.8) is 0 Å². The number of hydrogen-bond acceptors (Lipinski definition) is 5. The van der Waals surface area contributed by atoms with Gasteiger partial charge in [0.25, 0.3) is 5.91 Å². The van der Waals surface area contributed by atoms with Crippen molar-refractivity contribution in [3.05, 3.63) is 63.6 Å². The van der Waals surface area contributed by atoms with Gasteiger partial charge in [0.15, 0.2) is 12.4 Å². The smallest absolute Gasteiger partial charge is 0.338 e. The van der Waals surface area contributed by atoms with E-state index in [1.807, 2.05) is 0 Å². The lowest BCUT2D eigenvalue weighted by Crippen LogP contribution is -2.55. The molecule has 1 atom stereocenters. The highest BCUT2D eigenvalue weighted by atomic mass is 35.5. The van der Waals surface area contributed by atoms with Gasteiger partial charge in [0.05, 0.1) is 16.3 Å². The lowest BCUT2D eigenvalue weighted by atomic mass is 9.74. The fourth-order valence-corrected chi connectivity index (χ4v) is 4.23. The minimum atomic E-state index is -1.18. The predicted molar refractivity (Wildman–Crippen MR) is 116 cm³/mol. The van der Waals surface area contributed by atoms with E-state index in [0.717, 1.165) is 12.8 Å². The molecule has 158 valence electrons. The van der Waals surface area contributed by atoms with Crippen LogP contribution in [0, 0.1) is 0 Å². The fourth-order valence-electron chi connectivity index (χ4n) is 3.82. The van der Waals surface area contributed by atoms with Gasteiger partial charge in [-0.15, -0.1) is 0 Å². The van der Waals surface area contributed by atoms with Gasteiger partial charge in [-0.05, 0) is 43.5 Å². The number of nitrogens with two attached hydrogens (primary N) is 1. The Morgan fingerprint density at radius 2 is 1.87 bits per heavy atom. The Labute approximate surface area is 184 Å². The van der Waals surface area contributed by atoms with Crippen LogP contribution in [0.3, 0.4) is 0 Å². The number of nitrogen functional groups attached to an aromatic ring is 1. The molecule has 3 rings (SSSR count). The van der Waals surface area contributed by atoms with E-state index in [-0.39, 0.29) is 17.0 Å². The van der Waals surface area contributed by atoms with Crippen LogP contribution in [0.2, 0.25) is 10.0 Å². The molecule has 1 amide bonds. The van der Waals surface area contributed by atoms with Gasteiger partial charge in [-0.2, -0.15) is 0 Å². The number of nitrogens with zero attached hydrogens (tertiary/aromatic N) is 1. The molecule has 0 aliphatic heterocycles. The first-order valence-corrected chi connectivity index (χ1v) is 10.3. The van der Waals surface area contributed by atoms with Crippen LogP contribution in [0.15, 0.2) is 42.5 Å². The molecule has 6 nitrogen and oxygen atoms in total. The molecule has 1 fully saturated rings. The number of anilines is 1. The molecule has 2 N–H and O–H groups in total. The number of ether oxygens (including phenoxy) is 1. The van der Waals surface area contributed by atoms with Gasteiger partial charge in [-0.1, -0.05) is 41.4 Å². The van der Waals surface area contributed by atoms with E-state index in [2.05, 4.69) is 0 Å². The molecule has 30 heavy (non-hydrogen) atoms. The third-order valence-corrected chi connectivity index (χ3v) is 6.15. The molecule has 1 aliphatic carbocycles. The van der Waals surface area contributed by atoms with Gasteiger partial charge in [0, 0.05) is 24.1 Å². The number of likely N-dealkylation sites (N-methyl/N-ethyl adjacent to an activating group) is 1. The first-order valence-electron chi connectivity index (χ1n) is 9.54. The average molecular weight is 449 g/mol. The molecule has 0 aromatic heterocycles. The maximum atomic E-state index is 13.1. The highest BCUT2D eigenvalue weighted by Crippen LogP contribution is 2.42. The molecule has 0 bridgehead atoms. The van der Waals surface area contributed by atoms with E-state index in [4.69, 9.17) is 33.7 Å². The normalized spacial score (nSPS) is 18.7. The number of carbonyl (C=O) groups excluding carboxylic acids is 3. The first kappa shape index (κ1) is 22.1. The Kier molecular flexibility index (Phi) is 6.68. The second-order valence-corrected chi connectivity index (χ2v) is 8.05. The van der Waals surface area contributed by atoms with Crippen LogP contribution in [0.4, 0.5) is 5.69 Å². The summed E-state index contributed by atoms with van der Waals surface area (Å²) in [6.07, 6.45) is 2.35. The number of halogens is 2. The van der Waals surface area contributed by atoms with E-state index in [1.165, 1.54) is 23.1 Å². The van der Waals surface area contributed by atoms with E-state index in [1.54, 1.807) is 31.3 Å². The van der Waals surface area contributed by atoms with Gasteiger partial charge < -0.3 is 15.4 Å². The molecule has 0 heterocycles. The number of benzene rings is 2. The Bertz CT molecular complexity index is 995. The van der Waals surface area contributed by atoms with E-state index in [9.17, 15) is 14.4 Å². The molecule has 0 radical (unpaired) electrons. The van der Waals surface area contributed by atoms with Crippen LogP contribution in [-0.4, -0.2) is 36.2 Å². The van der Waals surface area contributed by atoms with Crippen LogP contribution in [0.1, 0.15) is 41.6 Å². The Morgan fingerprint density at radius 3 is 2.53 bits per heavy atom. The van der Waals surface area contributed by atoms with Gasteiger partial charge in [-0.25, -0.2) is 4.79 Å². The van der Waals surface area contributed by atoms with Crippen molar-refractivity contribution >= 4 is 46.5 Å². The monoisotopic (exact) mass is 448 g/mol. The Morgan fingerprint density at radius 1 is 1.13 bits per heavy atom. The largest absolute Gasteiger partial charge is 0.452 e. The molecule has 0 spiro atoms. The van der Waals surface area contributed by atoms with E-state index >= 15 is 0 Å². The number of esters is 1. The van der Waals surface area contributed by atoms with Crippen LogP contribution in [0.25, 0.3) is 0 Å². The van der Waals surface area contributed by atoms with Crippen molar-refractivity contribution in [1.82, 2.24) is 4.90 Å². The summed E-state index contributed by atoms with van der Waals surface area (Å²) in [5, 5.41) is 0.737. The summed E-state index contributed by atoms with van der Waals surface area (Å²) in [5.41, 5.74) is 5.54. The molecular formula is C22H22Cl2N2O4. The molecule has 0 unspecified atom stereocenters. The topological polar surface area (TPSA) is 89.7 Å². The molecule has 0 saturated heterocycles. The third kappa shape index (κ3) is 4.16. The van der Waals surface area contributed by atoms with Crippen molar-refractivity contribution in [3.8, 4) is 0 Å².